The van der Waals surface area contributed by atoms with Crippen LogP contribution >= 0.6 is 12.4 Å². The molecular formula is C10H12ClF2NO. The number of ether oxygens (including phenoxy) is 1. The first-order valence-corrected chi connectivity index (χ1v) is 4.54. The summed E-state index contributed by atoms with van der Waals surface area (Å²) in [5, 5.41) is 3.15. The Bertz CT molecular complexity index is 318. The zero-order valence-electron chi connectivity index (χ0n) is 7.95. The number of hydrogen-bond acceptors (Lipinski definition) is 2. The zero-order valence-corrected chi connectivity index (χ0v) is 8.77. The predicted molar refractivity (Wildman–Crippen MR) is 55.7 cm³/mol. The molecule has 1 aromatic carbocycles. The van der Waals surface area contributed by atoms with Gasteiger partial charge in [0, 0.05) is 11.6 Å². The molecule has 1 aromatic rings. The summed E-state index contributed by atoms with van der Waals surface area (Å²) < 4.78 is 28.5. The lowest BCUT2D eigenvalue weighted by atomic mass is 9.97. The van der Waals surface area contributed by atoms with Crippen molar-refractivity contribution in [2.45, 2.75) is 19.1 Å². The molecule has 1 atom stereocenters. The number of nitrogens with one attached hydrogen (secondary N) is 1. The van der Waals surface area contributed by atoms with Gasteiger partial charge in [0.05, 0.1) is 0 Å². The predicted octanol–water partition coefficient (Wildman–Crippen LogP) is 2.74. The van der Waals surface area contributed by atoms with Crippen molar-refractivity contribution < 1.29 is 13.5 Å². The summed E-state index contributed by atoms with van der Waals surface area (Å²) >= 11 is 0. The van der Waals surface area contributed by atoms with E-state index in [1.807, 2.05) is 12.1 Å². The van der Waals surface area contributed by atoms with Crippen molar-refractivity contribution in [3.05, 3.63) is 29.8 Å². The first-order chi connectivity index (χ1) is 6.77. The van der Waals surface area contributed by atoms with Gasteiger partial charge in [-0.1, -0.05) is 18.2 Å². The molecule has 0 aromatic heterocycles. The number of benzene rings is 1. The third-order valence-corrected chi connectivity index (χ3v) is 2.33. The molecule has 0 amide bonds. The van der Waals surface area contributed by atoms with E-state index in [4.69, 9.17) is 0 Å². The van der Waals surface area contributed by atoms with E-state index in [0.29, 0.717) is 0 Å². The second kappa shape index (κ2) is 5.28. The fourth-order valence-electron chi connectivity index (χ4n) is 1.53. The Morgan fingerprint density at radius 2 is 2.00 bits per heavy atom. The van der Waals surface area contributed by atoms with E-state index in [2.05, 4.69) is 10.1 Å². The molecule has 0 spiro atoms. The number of alkyl halides is 2. The Kier molecular flexibility index (Phi) is 4.29. The molecule has 1 heterocycles. The third-order valence-electron chi connectivity index (χ3n) is 2.33. The maximum absolute atomic E-state index is 12.0. The Hall–Kier alpha value is -0.870. The summed E-state index contributed by atoms with van der Waals surface area (Å²) in [6, 6.07) is 7.08. The molecule has 84 valence electrons. The van der Waals surface area contributed by atoms with Crippen molar-refractivity contribution in [1.29, 1.82) is 0 Å². The maximum Gasteiger partial charge on any atom is 0.387 e. The normalized spacial score (nSPS) is 19.3. The minimum atomic E-state index is -2.75. The SMILES string of the molecule is Cl.FC(F)Oc1ccccc1[C@@H]1CCN1. The standard InChI is InChI=1S/C10H11F2NO.ClH/c11-10(12)14-9-4-2-1-3-7(9)8-5-6-13-8;/h1-4,8,10,13H,5-6H2;1H/t8-;/m0./s1. The van der Waals surface area contributed by atoms with Gasteiger partial charge in [-0.2, -0.15) is 8.78 Å². The van der Waals surface area contributed by atoms with Gasteiger partial charge in [0.1, 0.15) is 5.75 Å². The topological polar surface area (TPSA) is 21.3 Å². The number of halogens is 3. The van der Waals surface area contributed by atoms with Crippen molar-refractivity contribution in [3.8, 4) is 5.75 Å². The fraction of sp³-hybridized carbons (Fsp3) is 0.400. The molecule has 5 heteroatoms. The lowest BCUT2D eigenvalue weighted by molar-refractivity contribution is -0.0509. The highest BCUT2D eigenvalue weighted by Gasteiger charge is 2.22. The quantitative estimate of drug-likeness (QED) is 0.870. The van der Waals surface area contributed by atoms with Gasteiger partial charge in [-0.25, -0.2) is 0 Å². The highest BCUT2D eigenvalue weighted by atomic mass is 35.5. The van der Waals surface area contributed by atoms with Crippen LogP contribution in [0, 0.1) is 0 Å². The molecule has 0 bridgehead atoms. The summed E-state index contributed by atoms with van der Waals surface area (Å²) in [7, 11) is 0. The van der Waals surface area contributed by atoms with Gasteiger partial charge < -0.3 is 10.1 Å². The van der Waals surface area contributed by atoms with Gasteiger partial charge in [-0.15, -0.1) is 12.4 Å². The third kappa shape index (κ3) is 2.79. The summed E-state index contributed by atoms with van der Waals surface area (Å²) in [6.45, 7) is -1.82. The lowest BCUT2D eigenvalue weighted by Crippen LogP contribution is -2.35. The zero-order chi connectivity index (χ0) is 9.97. The van der Waals surface area contributed by atoms with Crippen LogP contribution in [-0.2, 0) is 0 Å². The first-order valence-electron chi connectivity index (χ1n) is 4.54. The van der Waals surface area contributed by atoms with Crippen LogP contribution in [0.4, 0.5) is 8.78 Å². The molecule has 0 aliphatic carbocycles. The Labute approximate surface area is 93.0 Å². The van der Waals surface area contributed by atoms with Crippen LogP contribution in [0.3, 0.4) is 0 Å². The van der Waals surface area contributed by atoms with E-state index in [-0.39, 0.29) is 24.2 Å². The first kappa shape index (κ1) is 12.2. The largest absolute Gasteiger partial charge is 0.434 e. The highest BCUT2D eigenvalue weighted by Crippen LogP contribution is 2.31. The van der Waals surface area contributed by atoms with E-state index in [0.717, 1.165) is 18.5 Å². The van der Waals surface area contributed by atoms with Gasteiger partial charge in [0.15, 0.2) is 0 Å². The molecule has 1 saturated heterocycles. The Morgan fingerprint density at radius 3 is 2.53 bits per heavy atom. The number of rotatable bonds is 3. The van der Waals surface area contributed by atoms with Crippen LogP contribution in [-0.4, -0.2) is 13.2 Å². The van der Waals surface area contributed by atoms with Crippen LogP contribution in [0.2, 0.25) is 0 Å². The van der Waals surface area contributed by atoms with Gasteiger partial charge in [0.25, 0.3) is 0 Å². The molecule has 0 saturated carbocycles. The van der Waals surface area contributed by atoms with Crippen molar-refractivity contribution in [2.24, 2.45) is 0 Å². The average molecular weight is 236 g/mol. The van der Waals surface area contributed by atoms with Crippen molar-refractivity contribution in [2.75, 3.05) is 6.54 Å². The number of hydrogen-bond donors (Lipinski definition) is 1. The van der Waals surface area contributed by atoms with Gasteiger partial charge in [-0.05, 0) is 19.0 Å². The lowest BCUT2D eigenvalue weighted by Gasteiger charge is -2.29. The Morgan fingerprint density at radius 1 is 1.33 bits per heavy atom. The van der Waals surface area contributed by atoms with E-state index in [1.54, 1.807) is 12.1 Å². The average Bonchev–Trinajstić information content (AvgIpc) is 2.04. The maximum atomic E-state index is 12.0. The van der Waals surface area contributed by atoms with Crippen molar-refractivity contribution in [3.63, 3.8) is 0 Å². The van der Waals surface area contributed by atoms with Crippen molar-refractivity contribution in [1.82, 2.24) is 5.32 Å². The molecule has 0 radical (unpaired) electrons. The molecule has 0 unspecified atom stereocenters. The van der Waals surface area contributed by atoms with Gasteiger partial charge >= 0.3 is 6.61 Å². The van der Waals surface area contributed by atoms with E-state index >= 15 is 0 Å². The van der Waals surface area contributed by atoms with E-state index in [9.17, 15) is 8.78 Å². The van der Waals surface area contributed by atoms with Gasteiger partial charge in [-0.3, -0.25) is 0 Å². The monoisotopic (exact) mass is 235 g/mol. The second-order valence-electron chi connectivity index (χ2n) is 3.21. The summed E-state index contributed by atoms with van der Waals surface area (Å²) in [5.74, 6) is 0.278. The van der Waals surface area contributed by atoms with Crippen LogP contribution in [0.5, 0.6) is 5.75 Å². The van der Waals surface area contributed by atoms with E-state index in [1.165, 1.54) is 0 Å². The minimum absolute atomic E-state index is 0. The molecule has 15 heavy (non-hydrogen) atoms. The molecule has 1 aliphatic rings. The molecular weight excluding hydrogens is 224 g/mol. The van der Waals surface area contributed by atoms with Gasteiger partial charge in [0.2, 0.25) is 0 Å². The van der Waals surface area contributed by atoms with Crippen LogP contribution < -0.4 is 10.1 Å². The minimum Gasteiger partial charge on any atom is -0.434 e. The molecule has 1 aliphatic heterocycles. The number of para-hydroxylation sites is 1. The molecule has 1 fully saturated rings. The molecule has 2 nitrogen and oxygen atoms in total. The second-order valence-corrected chi connectivity index (χ2v) is 3.21. The van der Waals surface area contributed by atoms with Crippen molar-refractivity contribution >= 4 is 12.4 Å². The Balaban J connectivity index is 0.00000112. The summed E-state index contributed by atoms with van der Waals surface area (Å²) in [5.41, 5.74) is 0.819. The smallest absolute Gasteiger partial charge is 0.387 e. The van der Waals surface area contributed by atoms with E-state index < -0.39 is 6.61 Å². The van der Waals surface area contributed by atoms with Crippen LogP contribution in [0.1, 0.15) is 18.0 Å². The highest BCUT2D eigenvalue weighted by molar-refractivity contribution is 5.85. The fourth-order valence-corrected chi connectivity index (χ4v) is 1.53. The van der Waals surface area contributed by atoms with Crippen LogP contribution in [0.25, 0.3) is 0 Å². The van der Waals surface area contributed by atoms with Crippen LogP contribution in [0.15, 0.2) is 24.3 Å². The molecule has 1 N–H and O–H groups in total. The summed E-state index contributed by atoms with van der Waals surface area (Å²) in [6.07, 6.45) is 0.976. The summed E-state index contributed by atoms with van der Waals surface area (Å²) in [4.78, 5) is 0. The molecule has 2 rings (SSSR count).